The highest BCUT2D eigenvalue weighted by Gasteiger charge is 2.10. The minimum absolute atomic E-state index is 0. The van der Waals surface area contributed by atoms with E-state index in [0.29, 0.717) is 12.4 Å². The third kappa shape index (κ3) is 1.96. The molecule has 1 radical (unpaired) electrons. The molecule has 2 aliphatic heterocycles. The minimum Gasteiger partial charge on any atom is -0.486 e. The van der Waals surface area contributed by atoms with E-state index in [-0.39, 0.29) is 13.5 Å². The van der Waals surface area contributed by atoms with Gasteiger partial charge in [-0.05, 0) is 17.7 Å². The molecule has 0 fully saturated rings. The van der Waals surface area contributed by atoms with Crippen LogP contribution in [0.25, 0.3) is 0 Å². The van der Waals surface area contributed by atoms with E-state index in [0.717, 1.165) is 5.56 Å². The molecule has 3 nitrogen and oxygen atoms in total. The molecule has 5 heteroatoms. The van der Waals surface area contributed by atoms with Gasteiger partial charge >= 0.3 is 7.69 Å². The van der Waals surface area contributed by atoms with E-state index in [1.165, 1.54) is 6.07 Å². The van der Waals surface area contributed by atoms with Gasteiger partial charge in [-0.3, -0.25) is 0 Å². The molecule has 0 aromatic heterocycles. The first-order valence-corrected chi connectivity index (χ1v) is 3.29. The van der Waals surface area contributed by atoms with Crippen LogP contribution in [0.3, 0.4) is 0 Å². The number of hydrogen-bond acceptors (Lipinski definition) is 3. The molecule has 2 bridgehead atoms. The molecule has 0 amide bonds. The van der Waals surface area contributed by atoms with Crippen LogP contribution in [0.2, 0.25) is 0 Å². The third-order valence-corrected chi connectivity index (χ3v) is 1.39. The van der Waals surface area contributed by atoms with Crippen LogP contribution in [0.5, 0.6) is 5.75 Å². The summed E-state index contributed by atoms with van der Waals surface area (Å²) >= 11 is 0. The van der Waals surface area contributed by atoms with Gasteiger partial charge in [-0.1, -0.05) is 6.07 Å². The molecule has 63 valence electrons. The fourth-order valence-electron chi connectivity index (χ4n) is 0.912. The number of benzene rings is 1. The first kappa shape index (κ1) is 9.03. The van der Waals surface area contributed by atoms with Crippen LogP contribution in [0.15, 0.2) is 18.2 Å². The normalized spacial score (nSPS) is 11.2. The zero-order chi connectivity index (χ0) is 8.97. The van der Waals surface area contributed by atoms with Gasteiger partial charge in [0.1, 0.15) is 6.61 Å². The molecule has 12 heavy (non-hydrogen) atoms. The van der Waals surface area contributed by atoms with Crippen LogP contribution in [0.1, 0.15) is 5.56 Å². The summed E-state index contributed by atoms with van der Waals surface area (Å²) in [5.41, 5.74) is 0.905. The van der Waals surface area contributed by atoms with Crippen molar-refractivity contribution in [2.75, 3.05) is 0 Å². The predicted molar refractivity (Wildman–Crippen MR) is 40.9 cm³/mol. The molecule has 3 rings (SSSR count). The van der Waals surface area contributed by atoms with Crippen LogP contribution >= 0.6 is 0 Å². The van der Waals surface area contributed by atoms with Gasteiger partial charge in [-0.15, -0.1) is 0 Å². The van der Waals surface area contributed by atoms with Gasteiger partial charge < -0.3 is 14.8 Å². The fourth-order valence-corrected chi connectivity index (χ4v) is 0.912. The maximum absolute atomic E-state index is 12.5. The average molecular weight is 169 g/mol. The first-order valence-electron chi connectivity index (χ1n) is 3.29. The van der Waals surface area contributed by atoms with Crippen molar-refractivity contribution in [3.63, 3.8) is 0 Å². The molecule has 1 aromatic rings. The maximum Gasteiger partial charge on any atom is 0.482 e. The summed E-state index contributed by atoms with van der Waals surface area (Å²) in [6.07, 6.45) is 0. The summed E-state index contributed by atoms with van der Waals surface area (Å²) in [6.45, 7) is 0.527. The van der Waals surface area contributed by atoms with Crippen molar-refractivity contribution < 1.29 is 19.2 Å². The van der Waals surface area contributed by atoms with E-state index >= 15 is 0 Å². The Balaban J connectivity index is 0.000000213. The number of ether oxygens (including phenoxy) is 1. The summed E-state index contributed by atoms with van der Waals surface area (Å²) in [4.78, 5) is 0. The van der Waals surface area contributed by atoms with E-state index in [1.807, 2.05) is 6.07 Å². The van der Waals surface area contributed by atoms with Gasteiger partial charge in [-0.25, -0.2) is 4.39 Å². The van der Waals surface area contributed by atoms with Crippen LogP contribution < -0.4 is 4.74 Å². The molecule has 0 spiro atoms. The molecule has 2 N–H and O–H groups in total. The standard InChI is InChI=1S/C7H5FO.BH2O2/c8-6-3-5-1-2-7(6)9-4-5;2-1-3/h1-3H,4H2;2-3H. The van der Waals surface area contributed by atoms with Crippen LogP contribution in [0.4, 0.5) is 4.39 Å². The summed E-state index contributed by atoms with van der Waals surface area (Å²) in [5, 5.41) is 14.0. The second-order valence-electron chi connectivity index (χ2n) is 2.17. The smallest absolute Gasteiger partial charge is 0.482 e. The van der Waals surface area contributed by atoms with Crippen molar-refractivity contribution in [3.8, 4) is 5.75 Å². The number of halogens is 1. The average Bonchev–Trinajstić information content (AvgIpc) is 2.07. The summed E-state index contributed by atoms with van der Waals surface area (Å²) in [7, 11) is 0. The van der Waals surface area contributed by atoms with E-state index in [1.54, 1.807) is 6.07 Å². The molecule has 0 unspecified atom stereocenters. The van der Waals surface area contributed by atoms with Crippen LogP contribution in [-0.4, -0.2) is 17.7 Å². The van der Waals surface area contributed by atoms with E-state index < -0.39 is 0 Å². The van der Waals surface area contributed by atoms with Crippen LogP contribution in [0, 0.1) is 5.82 Å². The Kier molecular flexibility index (Phi) is 3.07. The monoisotopic (exact) mass is 169 g/mol. The van der Waals surface area contributed by atoms with Crippen molar-refractivity contribution in [2.45, 2.75) is 6.61 Å². The Morgan fingerprint density at radius 2 is 2.08 bits per heavy atom. The van der Waals surface area contributed by atoms with E-state index in [2.05, 4.69) is 0 Å². The van der Waals surface area contributed by atoms with Gasteiger partial charge in [-0.2, -0.15) is 0 Å². The SMILES string of the molecule is Fc1cc2ccc1OC2.O[B]O. The lowest BCUT2D eigenvalue weighted by molar-refractivity contribution is 0.274. The fraction of sp³-hybridized carbons (Fsp3) is 0.143. The van der Waals surface area contributed by atoms with Gasteiger partial charge in [0.2, 0.25) is 0 Å². The molecule has 0 atom stereocenters. The maximum atomic E-state index is 12.5. The number of rotatable bonds is 0. The lowest BCUT2D eigenvalue weighted by Gasteiger charge is -2.13. The Morgan fingerprint density at radius 3 is 2.25 bits per heavy atom. The lowest BCUT2D eigenvalue weighted by atomic mass is 10.2. The Labute approximate surface area is 69.7 Å². The number of fused-ring (bicyclic) bond motifs is 3. The van der Waals surface area contributed by atoms with Gasteiger partial charge in [0.25, 0.3) is 0 Å². The van der Waals surface area contributed by atoms with E-state index in [4.69, 9.17) is 14.8 Å². The Hall–Kier alpha value is -1.07. The highest BCUT2D eigenvalue weighted by Crippen LogP contribution is 2.24. The number of hydrogen-bond donors (Lipinski definition) is 2. The molecule has 0 saturated carbocycles. The molecule has 1 aromatic carbocycles. The van der Waals surface area contributed by atoms with Crippen LogP contribution in [-0.2, 0) is 6.61 Å². The van der Waals surface area contributed by atoms with Crippen molar-refractivity contribution in [1.82, 2.24) is 0 Å². The molecule has 0 aliphatic carbocycles. The molecular weight excluding hydrogens is 162 g/mol. The lowest BCUT2D eigenvalue weighted by Crippen LogP contribution is -2.04. The van der Waals surface area contributed by atoms with Gasteiger partial charge in [0, 0.05) is 0 Å². The van der Waals surface area contributed by atoms with Crippen molar-refractivity contribution in [1.29, 1.82) is 0 Å². The molecule has 2 heterocycles. The van der Waals surface area contributed by atoms with Crippen molar-refractivity contribution >= 4 is 7.69 Å². The molecular formula is C7H7BFO3. The highest BCUT2D eigenvalue weighted by atomic mass is 19.1. The Bertz CT molecular complexity index is 267. The summed E-state index contributed by atoms with van der Waals surface area (Å²) in [5.74, 6) is 0.115. The minimum atomic E-state index is -0.251. The molecule has 0 saturated heterocycles. The third-order valence-electron chi connectivity index (χ3n) is 1.39. The topological polar surface area (TPSA) is 49.7 Å². The largest absolute Gasteiger partial charge is 0.486 e. The van der Waals surface area contributed by atoms with Gasteiger partial charge in [0.05, 0.1) is 0 Å². The highest BCUT2D eigenvalue weighted by molar-refractivity contribution is 6.13. The zero-order valence-electron chi connectivity index (χ0n) is 6.20. The molecule has 2 aliphatic rings. The van der Waals surface area contributed by atoms with E-state index in [9.17, 15) is 4.39 Å². The summed E-state index contributed by atoms with van der Waals surface area (Å²) < 4.78 is 17.4. The zero-order valence-corrected chi connectivity index (χ0v) is 6.20. The van der Waals surface area contributed by atoms with Crippen molar-refractivity contribution in [2.24, 2.45) is 0 Å². The Morgan fingerprint density at radius 1 is 1.42 bits per heavy atom. The second kappa shape index (κ2) is 4.08. The predicted octanol–water partition coefficient (Wildman–Crippen LogP) is 0.223. The second-order valence-corrected chi connectivity index (χ2v) is 2.17. The van der Waals surface area contributed by atoms with Crippen molar-refractivity contribution in [3.05, 3.63) is 29.6 Å². The quantitative estimate of drug-likeness (QED) is 0.546. The van der Waals surface area contributed by atoms with Gasteiger partial charge in [0.15, 0.2) is 11.6 Å². The first-order chi connectivity index (χ1) is 5.77. The summed E-state index contributed by atoms with van der Waals surface area (Å²) in [6, 6.07) is 5.01.